The Labute approximate surface area is 125 Å². The Morgan fingerprint density at radius 2 is 2.33 bits per heavy atom. The Kier molecular flexibility index (Phi) is 5.54. The number of aromatic nitrogens is 3. The summed E-state index contributed by atoms with van der Waals surface area (Å²) in [6, 6.07) is 5.01. The van der Waals surface area contributed by atoms with Crippen LogP contribution < -0.4 is 11.0 Å². The molecule has 0 saturated heterocycles. The highest BCUT2D eigenvalue weighted by Gasteiger charge is 2.10. The molecule has 0 atom stereocenters. The van der Waals surface area contributed by atoms with Crippen molar-refractivity contribution in [2.24, 2.45) is 7.05 Å². The molecule has 6 nitrogen and oxygen atoms in total. The molecular weight excluding hydrogens is 295 g/mol. The first-order valence-corrected chi connectivity index (χ1v) is 7.21. The fraction of sp³-hybridized carbons (Fsp3) is 0.385. The molecule has 8 heteroatoms. The molecule has 0 amide bonds. The number of aromatic amines is 1. The highest BCUT2D eigenvalue weighted by Crippen LogP contribution is 2.27. The van der Waals surface area contributed by atoms with Crippen molar-refractivity contribution >= 4 is 11.8 Å². The molecule has 0 spiro atoms. The van der Waals surface area contributed by atoms with E-state index in [9.17, 15) is 9.18 Å². The number of benzene rings is 1. The van der Waals surface area contributed by atoms with E-state index in [0.717, 1.165) is 17.3 Å². The van der Waals surface area contributed by atoms with Gasteiger partial charge in [0.25, 0.3) is 0 Å². The van der Waals surface area contributed by atoms with Gasteiger partial charge in [-0.05, 0) is 29.5 Å². The molecule has 2 rings (SSSR count). The molecule has 0 bridgehead atoms. The second-order valence-corrected chi connectivity index (χ2v) is 5.42. The van der Waals surface area contributed by atoms with Crippen molar-refractivity contribution in [3.8, 4) is 0 Å². The number of halogens is 1. The fourth-order valence-electron chi connectivity index (χ4n) is 1.67. The van der Waals surface area contributed by atoms with E-state index in [1.165, 1.54) is 10.6 Å². The minimum atomic E-state index is -0.332. The Morgan fingerprint density at radius 3 is 2.95 bits per heavy atom. The van der Waals surface area contributed by atoms with Crippen molar-refractivity contribution in [1.29, 1.82) is 0 Å². The molecule has 21 heavy (non-hydrogen) atoms. The summed E-state index contributed by atoms with van der Waals surface area (Å²) in [4.78, 5) is 11.7. The highest BCUT2D eigenvalue weighted by molar-refractivity contribution is 7.99. The Hall–Kier alpha value is -1.64. The lowest BCUT2D eigenvalue weighted by atomic mass is 10.2. The number of hydrogen-bond donors (Lipinski definition) is 2. The van der Waals surface area contributed by atoms with Gasteiger partial charge in [-0.3, -0.25) is 4.57 Å². The van der Waals surface area contributed by atoms with Gasteiger partial charge in [0, 0.05) is 27.2 Å². The lowest BCUT2D eigenvalue weighted by Gasteiger charge is -2.07. The minimum Gasteiger partial charge on any atom is -0.383 e. The SMILES string of the molecule is COCCNCc1ccc(Sc2n[nH]c(=O)n2C)c(F)c1. The van der Waals surface area contributed by atoms with Crippen LogP contribution in [0, 0.1) is 5.82 Å². The van der Waals surface area contributed by atoms with Gasteiger partial charge in [0.2, 0.25) is 0 Å². The van der Waals surface area contributed by atoms with E-state index < -0.39 is 0 Å². The third-order valence-corrected chi connectivity index (χ3v) is 3.95. The number of H-pyrrole nitrogens is 1. The Morgan fingerprint density at radius 1 is 1.52 bits per heavy atom. The Balaban J connectivity index is 2.02. The second kappa shape index (κ2) is 7.39. The van der Waals surface area contributed by atoms with Crippen LogP contribution in [0.25, 0.3) is 0 Å². The molecule has 0 unspecified atom stereocenters. The van der Waals surface area contributed by atoms with Gasteiger partial charge in [-0.1, -0.05) is 6.07 Å². The maximum atomic E-state index is 14.1. The summed E-state index contributed by atoms with van der Waals surface area (Å²) in [7, 11) is 3.22. The van der Waals surface area contributed by atoms with Gasteiger partial charge in [-0.25, -0.2) is 14.3 Å². The van der Waals surface area contributed by atoms with Gasteiger partial charge in [-0.2, -0.15) is 0 Å². The minimum absolute atomic E-state index is 0.322. The molecule has 0 aliphatic heterocycles. The molecule has 0 saturated carbocycles. The van der Waals surface area contributed by atoms with Crippen LogP contribution >= 0.6 is 11.8 Å². The molecule has 2 aromatic rings. The maximum absolute atomic E-state index is 14.1. The molecule has 1 aromatic carbocycles. The van der Waals surface area contributed by atoms with E-state index in [0.29, 0.717) is 29.7 Å². The zero-order chi connectivity index (χ0) is 15.2. The van der Waals surface area contributed by atoms with Crippen molar-refractivity contribution in [3.63, 3.8) is 0 Å². The van der Waals surface area contributed by atoms with Crippen LogP contribution in [0.2, 0.25) is 0 Å². The number of nitrogens with one attached hydrogen (secondary N) is 2. The summed E-state index contributed by atoms with van der Waals surface area (Å²) >= 11 is 1.11. The van der Waals surface area contributed by atoms with Crippen LogP contribution in [0.1, 0.15) is 5.56 Å². The summed E-state index contributed by atoms with van der Waals surface area (Å²) in [5.74, 6) is -0.332. The van der Waals surface area contributed by atoms with Gasteiger partial charge < -0.3 is 10.1 Å². The molecule has 0 radical (unpaired) electrons. The molecule has 1 heterocycles. The van der Waals surface area contributed by atoms with Crippen molar-refractivity contribution in [1.82, 2.24) is 20.1 Å². The third-order valence-electron chi connectivity index (χ3n) is 2.85. The molecule has 0 aliphatic rings. The largest absolute Gasteiger partial charge is 0.383 e. The predicted molar refractivity (Wildman–Crippen MR) is 77.9 cm³/mol. The van der Waals surface area contributed by atoms with E-state index in [2.05, 4.69) is 15.5 Å². The van der Waals surface area contributed by atoms with E-state index >= 15 is 0 Å². The fourth-order valence-corrected chi connectivity index (χ4v) is 2.47. The van der Waals surface area contributed by atoms with Crippen molar-refractivity contribution in [2.45, 2.75) is 16.6 Å². The first-order chi connectivity index (χ1) is 10.1. The van der Waals surface area contributed by atoms with Gasteiger partial charge in [0.05, 0.1) is 11.5 Å². The first kappa shape index (κ1) is 15.7. The van der Waals surface area contributed by atoms with Crippen LogP contribution in [0.5, 0.6) is 0 Å². The Bertz CT molecular complexity index is 656. The van der Waals surface area contributed by atoms with Crippen LogP contribution in [0.4, 0.5) is 4.39 Å². The maximum Gasteiger partial charge on any atom is 0.343 e. The lowest BCUT2D eigenvalue weighted by molar-refractivity contribution is 0.199. The van der Waals surface area contributed by atoms with Crippen LogP contribution in [-0.4, -0.2) is 35.0 Å². The summed E-state index contributed by atoms with van der Waals surface area (Å²) in [5.41, 5.74) is 0.528. The van der Waals surface area contributed by atoms with Gasteiger partial charge in [0.15, 0.2) is 5.16 Å². The van der Waals surface area contributed by atoms with E-state index in [1.807, 2.05) is 6.07 Å². The highest BCUT2D eigenvalue weighted by atomic mass is 32.2. The number of ether oxygens (including phenoxy) is 1. The zero-order valence-electron chi connectivity index (χ0n) is 11.9. The smallest absolute Gasteiger partial charge is 0.343 e. The van der Waals surface area contributed by atoms with Gasteiger partial charge in [0.1, 0.15) is 5.82 Å². The third kappa shape index (κ3) is 4.16. The first-order valence-electron chi connectivity index (χ1n) is 6.39. The normalized spacial score (nSPS) is 11.0. The quantitative estimate of drug-likeness (QED) is 0.750. The lowest BCUT2D eigenvalue weighted by Crippen LogP contribution is -2.18. The second-order valence-electron chi connectivity index (χ2n) is 4.41. The standard InChI is InChI=1S/C13H17FN4O2S/c1-18-12(19)16-17-13(18)21-11-4-3-9(7-10(11)14)8-15-5-6-20-2/h3-4,7,15H,5-6,8H2,1-2H3,(H,16,19). The van der Waals surface area contributed by atoms with E-state index in [-0.39, 0.29) is 11.5 Å². The topological polar surface area (TPSA) is 71.9 Å². The van der Waals surface area contributed by atoms with Crippen LogP contribution in [0.15, 0.2) is 33.0 Å². The van der Waals surface area contributed by atoms with Crippen molar-refractivity contribution in [3.05, 3.63) is 40.1 Å². The number of nitrogens with zero attached hydrogens (tertiary/aromatic N) is 2. The van der Waals surface area contributed by atoms with Crippen molar-refractivity contribution < 1.29 is 9.13 Å². The van der Waals surface area contributed by atoms with E-state index in [1.54, 1.807) is 20.2 Å². The number of hydrogen-bond acceptors (Lipinski definition) is 5. The van der Waals surface area contributed by atoms with Crippen LogP contribution in [0.3, 0.4) is 0 Å². The molecule has 114 valence electrons. The summed E-state index contributed by atoms with van der Waals surface area (Å²) < 4.78 is 20.3. The van der Waals surface area contributed by atoms with Crippen LogP contribution in [-0.2, 0) is 18.3 Å². The van der Waals surface area contributed by atoms with Gasteiger partial charge >= 0.3 is 5.69 Å². The molecule has 2 N–H and O–H groups in total. The van der Waals surface area contributed by atoms with Crippen molar-refractivity contribution in [2.75, 3.05) is 20.3 Å². The number of methoxy groups -OCH3 is 1. The summed E-state index contributed by atoms with van der Waals surface area (Å²) in [6.45, 7) is 1.90. The zero-order valence-corrected chi connectivity index (χ0v) is 12.7. The predicted octanol–water partition coefficient (Wildman–Crippen LogP) is 1.13. The van der Waals surface area contributed by atoms with Gasteiger partial charge in [-0.15, -0.1) is 5.10 Å². The average Bonchev–Trinajstić information content (AvgIpc) is 2.78. The monoisotopic (exact) mass is 312 g/mol. The summed E-state index contributed by atoms with van der Waals surface area (Å²) in [5, 5.41) is 9.73. The molecule has 0 fully saturated rings. The average molecular weight is 312 g/mol. The van der Waals surface area contributed by atoms with E-state index in [4.69, 9.17) is 4.74 Å². The molecule has 0 aliphatic carbocycles. The summed E-state index contributed by atoms with van der Waals surface area (Å²) in [6.07, 6.45) is 0. The number of rotatable bonds is 7. The molecular formula is C13H17FN4O2S. The molecule has 1 aromatic heterocycles.